The van der Waals surface area contributed by atoms with Crippen LogP contribution in [0.3, 0.4) is 0 Å². The number of aliphatic hydroxyl groups excluding tert-OH is 1. The Labute approximate surface area is 56.2 Å². The highest BCUT2D eigenvalue weighted by atomic mass is 16.6. The summed E-state index contributed by atoms with van der Waals surface area (Å²) in [5, 5.41) is 8.51. The van der Waals surface area contributed by atoms with Gasteiger partial charge in [0.05, 0.1) is 6.61 Å². The van der Waals surface area contributed by atoms with E-state index in [4.69, 9.17) is 9.84 Å². The number of hydrogen-bond donors (Lipinski definition) is 1. The molecule has 0 fully saturated rings. The van der Waals surface area contributed by atoms with E-state index in [1.807, 2.05) is 19.0 Å². The van der Waals surface area contributed by atoms with Crippen LogP contribution in [0.2, 0.25) is 0 Å². The van der Waals surface area contributed by atoms with Gasteiger partial charge in [0.15, 0.2) is 6.29 Å². The van der Waals surface area contributed by atoms with E-state index < -0.39 is 6.29 Å². The summed E-state index contributed by atoms with van der Waals surface area (Å²) in [4.78, 5) is 1.97. The van der Waals surface area contributed by atoms with Crippen LogP contribution in [-0.4, -0.2) is 43.5 Å². The highest BCUT2D eigenvalue weighted by Gasteiger charge is 1.93. The van der Waals surface area contributed by atoms with Crippen molar-refractivity contribution < 1.29 is 9.84 Å². The Bertz CT molecular complexity index is 56.1. The lowest BCUT2D eigenvalue weighted by molar-refractivity contribution is -0.0691. The quantitative estimate of drug-likeness (QED) is 0.534. The maximum atomic E-state index is 8.51. The van der Waals surface area contributed by atoms with Gasteiger partial charge in [0.25, 0.3) is 0 Å². The first kappa shape index (κ1) is 8.88. The fraction of sp³-hybridized carbons (Fsp3) is 0.833. The number of rotatable bonds is 4. The molecule has 3 nitrogen and oxygen atoms in total. The van der Waals surface area contributed by atoms with Crippen molar-refractivity contribution in [1.82, 2.24) is 4.90 Å². The highest BCUT2D eigenvalue weighted by Crippen LogP contribution is 1.83. The van der Waals surface area contributed by atoms with Crippen molar-refractivity contribution in [3.63, 3.8) is 0 Å². The molecule has 0 aliphatic heterocycles. The molecule has 1 radical (unpaired) electrons. The maximum absolute atomic E-state index is 8.51. The molecule has 9 heavy (non-hydrogen) atoms. The van der Waals surface area contributed by atoms with E-state index >= 15 is 0 Å². The molecule has 0 heterocycles. The van der Waals surface area contributed by atoms with E-state index in [1.165, 1.54) is 0 Å². The van der Waals surface area contributed by atoms with Gasteiger partial charge < -0.3 is 14.7 Å². The van der Waals surface area contributed by atoms with Crippen molar-refractivity contribution in [3.8, 4) is 0 Å². The monoisotopic (exact) mass is 132 g/mol. The van der Waals surface area contributed by atoms with E-state index in [-0.39, 0.29) is 0 Å². The van der Waals surface area contributed by atoms with Crippen LogP contribution in [-0.2, 0) is 4.74 Å². The van der Waals surface area contributed by atoms with Gasteiger partial charge in [-0.25, -0.2) is 0 Å². The first-order valence-electron chi connectivity index (χ1n) is 2.90. The van der Waals surface area contributed by atoms with Crippen molar-refractivity contribution in [1.29, 1.82) is 0 Å². The zero-order chi connectivity index (χ0) is 7.28. The predicted octanol–water partition coefficient (Wildman–Crippen LogP) is -0.283. The van der Waals surface area contributed by atoms with Gasteiger partial charge in [-0.3, -0.25) is 0 Å². The summed E-state index contributed by atoms with van der Waals surface area (Å²) >= 11 is 0. The van der Waals surface area contributed by atoms with E-state index in [0.29, 0.717) is 6.61 Å². The Balaban J connectivity index is 2.91. The minimum atomic E-state index is -0.884. The second kappa shape index (κ2) is 4.73. The van der Waals surface area contributed by atoms with E-state index in [1.54, 1.807) is 0 Å². The number of ether oxygens (including phenoxy) is 1. The summed E-state index contributed by atoms with van der Waals surface area (Å²) in [6.07, 6.45) is -0.884. The predicted molar refractivity (Wildman–Crippen MR) is 35.9 cm³/mol. The molecule has 0 aliphatic rings. The molecule has 1 N–H and O–H groups in total. The Kier molecular flexibility index (Phi) is 4.67. The number of aliphatic hydroxyl groups is 1. The molecule has 3 heteroatoms. The molecule has 55 valence electrons. The normalized spacial score (nSPS) is 14.3. The summed E-state index contributed by atoms with van der Waals surface area (Å²) < 4.78 is 4.76. The summed E-state index contributed by atoms with van der Waals surface area (Å²) in [5.41, 5.74) is 0. The Morgan fingerprint density at radius 1 is 1.67 bits per heavy atom. The Hall–Kier alpha value is -0.120. The zero-order valence-electron chi connectivity index (χ0n) is 6.00. The van der Waals surface area contributed by atoms with Gasteiger partial charge in [-0.1, -0.05) is 0 Å². The zero-order valence-corrected chi connectivity index (χ0v) is 6.00. The molecule has 0 aromatic carbocycles. The van der Waals surface area contributed by atoms with Crippen molar-refractivity contribution in [2.45, 2.75) is 6.29 Å². The van der Waals surface area contributed by atoms with Crippen LogP contribution in [0.1, 0.15) is 0 Å². The van der Waals surface area contributed by atoms with Crippen LogP contribution >= 0.6 is 0 Å². The number of nitrogens with zero attached hydrogens (tertiary/aromatic N) is 1. The van der Waals surface area contributed by atoms with Crippen molar-refractivity contribution >= 4 is 0 Å². The number of likely N-dealkylation sites (N-methyl/N-ethyl adjacent to an activating group) is 1. The first-order chi connectivity index (χ1) is 4.13. The van der Waals surface area contributed by atoms with Crippen LogP contribution in [0, 0.1) is 6.92 Å². The fourth-order valence-corrected chi connectivity index (χ4v) is 0.371. The second-order valence-electron chi connectivity index (χ2n) is 2.13. The first-order valence-corrected chi connectivity index (χ1v) is 2.90. The number of hydrogen-bond acceptors (Lipinski definition) is 3. The molecular formula is C6H14NO2. The molecule has 0 aromatic heterocycles. The van der Waals surface area contributed by atoms with Gasteiger partial charge in [-0.05, 0) is 14.1 Å². The van der Waals surface area contributed by atoms with Gasteiger partial charge in [0, 0.05) is 13.5 Å². The van der Waals surface area contributed by atoms with Crippen molar-refractivity contribution in [2.24, 2.45) is 0 Å². The molecule has 0 amide bonds. The van der Waals surface area contributed by atoms with E-state index in [0.717, 1.165) is 6.54 Å². The summed E-state index contributed by atoms with van der Waals surface area (Å²) in [5.74, 6) is 0. The molecular weight excluding hydrogens is 118 g/mol. The van der Waals surface area contributed by atoms with Crippen LogP contribution < -0.4 is 0 Å². The molecule has 1 unspecified atom stereocenters. The minimum Gasteiger partial charge on any atom is -0.368 e. The third kappa shape index (κ3) is 7.88. The SMILES string of the molecule is [CH2]C(O)OCCN(C)C. The van der Waals surface area contributed by atoms with Crippen LogP contribution in [0.4, 0.5) is 0 Å². The molecule has 0 spiro atoms. The van der Waals surface area contributed by atoms with Crippen LogP contribution in [0.5, 0.6) is 0 Å². The largest absolute Gasteiger partial charge is 0.368 e. The average Bonchev–Trinajstić information content (AvgIpc) is 1.63. The summed E-state index contributed by atoms with van der Waals surface area (Å²) in [7, 11) is 3.89. The smallest absolute Gasteiger partial charge is 0.154 e. The molecule has 1 atom stereocenters. The average molecular weight is 132 g/mol. The van der Waals surface area contributed by atoms with Crippen molar-refractivity contribution in [3.05, 3.63) is 6.92 Å². The lowest BCUT2D eigenvalue weighted by atomic mass is 10.6. The topological polar surface area (TPSA) is 32.7 Å². The minimum absolute atomic E-state index is 0.525. The van der Waals surface area contributed by atoms with Gasteiger partial charge in [0.2, 0.25) is 0 Å². The molecule has 0 saturated carbocycles. The third-order valence-corrected chi connectivity index (χ3v) is 0.849. The molecule has 0 rings (SSSR count). The summed E-state index contributed by atoms with van der Waals surface area (Å²) in [6.45, 7) is 4.59. The molecule has 0 saturated heterocycles. The van der Waals surface area contributed by atoms with E-state index in [2.05, 4.69) is 6.92 Å². The molecule has 0 aliphatic carbocycles. The third-order valence-electron chi connectivity index (χ3n) is 0.849. The van der Waals surface area contributed by atoms with Gasteiger partial charge in [-0.15, -0.1) is 0 Å². The second-order valence-corrected chi connectivity index (χ2v) is 2.13. The van der Waals surface area contributed by atoms with Gasteiger partial charge >= 0.3 is 0 Å². The van der Waals surface area contributed by atoms with Crippen LogP contribution in [0.15, 0.2) is 0 Å². The van der Waals surface area contributed by atoms with Gasteiger partial charge in [-0.2, -0.15) is 0 Å². The van der Waals surface area contributed by atoms with Crippen LogP contribution in [0.25, 0.3) is 0 Å². The molecule has 0 aromatic rings. The Morgan fingerprint density at radius 3 is 2.56 bits per heavy atom. The maximum Gasteiger partial charge on any atom is 0.154 e. The van der Waals surface area contributed by atoms with E-state index in [9.17, 15) is 0 Å². The fourth-order valence-electron chi connectivity index (χ4n) is 0.371. The van der Waals surface area contributed by atoms with Gasteiger partial charge in [0.1, 0.15) is 0 Å². The lowest BCUT2D eigenvalue weighted by Gasteiger charge is -2.10. The van der Waals surface area contributed by atoms with Crippen molar-refractivity contribution in [2.75, 3.05) is 27.2 Å². The Morgan fingerprint density at radius 2 is 2.22 bits per heavy atom. The standard InChI is InChI=1S/C6H14NO2/c1-6(8)9-5-4-7(2)3/h6,8H,1,4-5H2,2-3H3. The molecule has 0 bridgehead atoms. The lowest BCUT2D eigenvalue weighted by Crippen LogP contribution is -2.20. The highest BCUT2D eigenvalue weighted by molar-refractivity contribution is 4.43. The summed E-state index contributed by atoms with van der Waals surface area (Å²) in [6, 6.07) is 0.